The summed E-state index contributed by atoms with van der Waals surface area (Å²) >= 11 is 0. The molecule has 164 valence electrons. The molecule has 0 atom stereocenters. The standard InChI is InChI=1S/C11H21N3O4S.C7H13N.ClH/c1-11(2,3)18-10(15)12-19(16,17)14-7-4-13(5-8-14)6-9-14;1-4-8-5-2-7(1)3-6-8;/h4-9H2,1-3H3;7H,1-6H2;1H. The topological polar surface area (TPSA) is 86.5 Å². The lowest BCUT2D eigenvalue weighted by atomic mass is 9.89. The third-order valence-electron chi connectivity index (χ3n) is 6.26. The average molecular weight is 439 g/mol. The fraction of sp³-hybridized carbons (Fsp3) is 0.944. The van der Waals surface area contributed by atoms with Gasteiger partial charge in [0.15, 0.2) is 6.08 Å². The van der Waals surface area contributed by atoms with Crippen LogP contribution in [0.25, 0.3) is 0 Å². The molecule has 1 N–H and O–H groups in total. The molecule has 0 radical (unpaired) electrons. The predicted octanol–water partition coefficient (Wildman–Crippen LogP) is -4.40. The summed E-state index contributed by atoms with van der Waals surface area (Å²) < 4.78 is 32.9. The third kappa shape index (κ3) is 5.72. The lowest BCUT2D eigenvalue weighted by molar-refractivity contribution is -0.916. The van der Waals surface area contributed by atoms with Gasteiger partial charge in [-0.3, -0.25) is 4.90 Å². The highest BCUT2D eigenvalue weighted by Crippen LogP contribution is 2.25. The monoisotopic (exact) mass is 438 g/mol. The van der Waals surface area contributed by atoms with Crippen LogP contribution >= 0.6 is 0 Å². The quantitative estimate of drug-likeness (QED) is 0.267. The minimum atomic E-state index is -3.87. The van der Waals surface area contributed by atoms with E-state index in [0.29, 0.717) is 19.6 Å². The van der Waals surface area contributed by atoms with Gasteiger partial charge in [0.25, 0.3) is 0 Å². The van der Waals surface area contributed by atoms with Crippen molar-refractivity contribution in [2.75, 3.05) is 58.9 Å². The summed E-state index contributed by atoms with van der Waals surface area (Å²) in [6.45, 7) is 13.2. The number of ether oxygens (including phenoxy) is 1. The molecule has 6 rings (SSSR count). The summed E-state index contributed by atoms with van der Waals surface area (Å²) in [6, 6.07) is 0. The summed E-state index contributed by atoms with van der Waals surface area (Å²) in [6.07, 6.45) is 3.55. The van der Waals surface area contributed by atoms with E-state index in [1.165, 1.54) is 38.9 Å². The van der Waals surface area contributed by atoms with Gasteiger partial charge < -0.3 is 27.2 Å². The maximum absolute atomic E-state index is 12.3. The Kier molecular flexibility index (Phi) is 7.64. The molecule has 10 heteroatoms. The highest BCUT2D eigenvalue weighted by Gasteiger charge is 2.48. The van der Waals surface area contributed by atoms with Gasteiger partial charge in [0, 0.05) is 25.2 Å². The zero-order chi connectivity index (χ0) is 19.7. The molecule has 6 saturated heterocycles. The van der Waals surface area contributed by atoms with E-state index in [9.17, 15) is 13.5 Å². The number of halogens is 1. The van der Waals surface area contributed by atoms with Crippen molar-refractivity contribution < 1.29 is 39.5 Å². The van der Waals surface area contributed by atoms with Crippen molar-refractivity contribution in [3.63, 3.8) is 0 Å². The second-order valence-corrected chi connectivity index (χ2v) is 11.2. The van der Waals surface area contributed by atoms with E-state index in [0.717, 1.165) is 25.6 Å². The number of piperazine rings is 3. The van der Waals surface area contributed by atoms with E-state index >= 15 is 0 Å². The first-order chi connectivity index (χ1) is 12.6. The summed E-state index contributed by atoms with van der Waals surface area (Å²) in [4.78, 5) is 4.09. The Labute approximate surface area is 175 Å². The Morgan fingerprint density at radius 2 is 1.54 bits per heavy atom. The predicted molar refractivity (Wildman–Crippen MR) is 101 cm³/mol. The largest absolute Gasteiger partial charge is 1.00 e. The van der Waals surface area contributed by atoms with Crippen LogP contribution in [0, 0.1) is 5.92 Å². The first-order valence-corrected chi connectivity index (χ1v) is 11.6. The molecule has 8 nitrogen and oxygen atoms in total. The Morgan fingerprint density at radius 3 is 1.86 bits per heavy atom. The van der Waals surface area contributed by atoms with Crippen LogP contribution in [-0.4, -0.2) is 87.8 Å². The number of nitrogens with one attached hydrogen (secondary N) is 1. The van der Waals surface area contributed by atoms with Gasteiger partial charge in [-0.05, 0) is 25.2 Å². The van der Waals surface area contributed by atoms with E-state index < -0.39 is 21.9 Å². The van der Waals surface area contributed by atoms with Crippen LogP contribution in [0.3, 0.4) is 0 Å². The molecule has 0 aromatic carbocycles. The highest BCUT2D eigenvalue weighted by atomic mass is 35.5. The summed E-state index contributed by atoms with van der Waals surface area (Å²) in [5, 5.41) is 11.6. The van der Waals surface area contributed by atoms with E-state index in [2.05, 4.69) is 9.30 Å². The number of quaternary nitrogens is 2. The fourth-order valence-electron chi connectivity index (χ4n) is 4.48. The normalized spacial score (nSPS) is 34.8. The lowest BCUT2D eigenvalue weighted by Gasteiger charge is -2.47. The molecule has 4 bridgehead atoms. The van der Waals surface area contributed by atoms with Gasteiger partial charge in [-0.2, -0.15) is 3.89 Å². The molecular formula is C18H35ClN4O4S. The molecule has 0 aromatic rings. The summed E-state index contributed by atoms with van der Waals surface area (Å²) in [5.74, 6) is 1.13. The molecule has 6 heterocycles. The molecule has 0 spiro atoms. The number of rotatable bonds is 2. The van der Waals surface area contributed by atoms with Gasteiger partial charge in [-0.25, -0.2) is 0 Å². The Hall–Kier alpha value is -0.610. The van der Waals surface area contributed by atoms with Crippen LogP contribution in [0.1, 0.15) is 40.0 Å². The third-order valence-corrected chi connectivity index (χ3v) is 8.17. The molecule has 0 unspecified atom stereocenters. The van der Waals surface area contributed by atoms with Crippen LogP contribution in [0.15, 0.2) is 4.40 Å². The maximum Gasteiger partial charge on any atom is 0.416 e. The number of hydrogen-bond donors (Lipinski definition) is 1. The first-order valence-electron chi connectivity index (χ1n) is 10.2. The van der Waals surface area contributed by atoms with E-state index in [-0.39, 0.29) is 16.3 Å². The van der Waals surface area contributed by atoms with Crippen molar-refractivity contribution in [2.24, 2.45) is 10.3 Å². The average Bonchev–Trinajstić information content (AvgIpc) is 2.63. The minimum Gasteiger partial charge on any atom is -1.00 e. The van der Waals surface area contributed by atoms with Crippen LogP contribution in [-0.2, 0) is 14.9 Å². The molecule has 28 heavy (non-hydrogen) atoms. The zero-order valence-electron chi connectivity index (χ0n) is 17.3. The van der Waals surface area contributed by atoms with Crippen molar-refractivity contribution in [1.29, 1.82) is 0 Å². The van der Waals surface area contributed by atoms with Crippen LogP contribution < -0.4 is 22.4 Å². The summed E-state index contributed by atoms with van der Waals surface area (Å²) in [7, 11) is -3.87. The second-order valence-electron chi connectivity index (χ2n) is 9.32. The Bertz CT molecular complexity index is 612. The molecular weight excluding hydrogens is 404 g/mol. The lowest BCUT2D eigenvalue weighted by Crippen LogP contribution is -3.14. The van der Waals surface area contributed by atoms with E-state index in [1.54, 1.807) is 20.8 Å². The van der Waals surface area contributed by atoms with Crippen molar-refractivity contribution in [1.82, 2.24) is 4.90 Å². The van der Waals surface area contributed by atoms with Gasteiger partial charge in [-0.1, -0.05) is 25.2 Å². The van der Waals surface area contributed by atoms with Crippen molar-refractivity contribution >= 4 is 16.3 Å². The van der Waals surface area contributed by atoms with Crippen LogP contribution in [0.2, 0.25) is 0 Å². The highest BCUT2D eigenvalue weighted by molar-refractivity contribution is 7.84. The van der Waals surface area contributed by atoms with Crippen LogP contribution in [0.5, 0.6) is 0 Å². The number of fused-ring (bicyclic) bond motifs is 6. The van der Waals surface area contributed by atoms with Gasteiger partial charge >= 0.3 is 10.2 Å². The molecule has 0 aromatic heterocycles. The van der Waals surface area contributed by atoms with E-state index in [1.807, 2.05) is 4.90 Å². The smallest absolute Gasteiger partial charge is 0.416 e. The van der Waals surface area contributed by atoms with Crippen LogP contribution in [0.4, 0.5) is 0 Å². The minimum absolute atomic E-state index is 0. The molecule has 6 aliphatic heterocycles. The Balaban J connectivity index is 0.000000258. The first kappa shape index (κ1) is 23.7. The van der Waals surface area contributed by atoms with Gasteiger partial charge in [0.1, 0.15) is 19.6 Å². The molecule has 0 saturated carbocycles. The fourth-order valence-corrected chi connectivity index (χ4v) is 5.82. The van der Waals surface area contributed by atoms with Crippen molar-refractivity contribution in [3.05, 3.63) is 0 Å². The summed E-state index contributed by atoms with van der Waals surface area (Å²) in [5.41, 5.74) is -0.739. The van der Waals surface area contributed by atoms with Crippen molar-refractivity contribution in [2.45, 2.75) is 45.6 Å². The zero-order valence-corrected chi connectivity index (χ0v) is 18.9. The number of hydrogen-bond acceptors (Lipinski definition) is 5. The Morgan fingerprint density at radius 1 is 1.07 bits per heavy atom. The molecule has 6 aliphatic rings. The van der Waals surface area contributed by atoms with Crippen molar-refractivity contribution in [3.8, 4) is 0 Å². The molecule has 0 aliphatic carbocycles. The molecule has 6 fully saturated rings. The van der Waals surface area contributed by atoms with Gasteiger partial charge in [0.05, 0.1) is 19.6 Å². The second kappa shape index (κ2) is 9.04. The van der Waals surface area contributed by atoms with Gasteiger partial charge in [-0.15, -0.1) is 8.42 Å². The molecule has 0 amide bonds. The number of piperidine rings is 3. The van der Waals surface area contributed by atoms with E-state index in [4.69, 9.17) is 4.74 Å². The maximum atomic E-state index is 12.3. The number of nitrogens with zero attached hydrogens (tertiary/aromatic N) is 3. The van der Waals surface area contributed by atoms with Gasteiger partial charge in [0.2, 0.25) is 0 Å². The SMILES string of the molecule is C1C[NH+]2CCC1CC2.CC(C)(C)OC([O-])=NS(=O)(=O)[N+]12CCN(CC1)CC2.[Cl-].